The summed E-state index contributed by atoms with van der Waals surface area (Å²) in [6.45, 7) is 0.193. The molecule has 0 fully saturated rings. The Kier molecular flexibility index (Phi) is 12.2. The Balaban J connectivity index is 2.13. The first kappa shape index (κ1) is 33.0. The van der Waals surface area contributed by atoms with E-state index in [-0.39, 0.29) is 25.3 Å². The number of carboxylic acid groups (broad SMARTS) is 2. The summed E-state index contributed by atoms with van der Waals surface area (Å²) in [5, 5.41) is 26.4. The van der Waals surface area contributed by atoms with E-state index in [1.807, 2.05) is 0 Å². The number of nitrogens with one attached hydrogen (secondary N) is 4. The number of aliphatic carboxylic acids is 2. The monoisotopic (exact) mass is 589 g/mol. The Morgan fingerprint density at radius 2 is 1.45 bits per heavy atom. The van der Waals surface area contributed by atoms with Gasteiger partial charge >= 0.3 is 11.9 Å². The van der Waals surface area contributed by atoms with Gasteiger partial charge in [0.1, 0.15) is 18.1 Å². The highest BCUT2D eigenvalue weighted by molar-refractivity contribution is 5.97. The number of carbonyl (C=O) groups excluding carboxylic acids is 4. The van der Waals surface area contributed by atoms with Gasteiger partial charge in [-0.25, -0.2) is 4.79 Å². The number of rotatable bonds is 17. The highest BCUT2D eigenvalue weighted by Crippen LogP contribution is 2.19. The van der Waals surface area contributed by atoms with Crippen LogP contribution in [-0.2, 0) is 35.2 Å². The Hall–Kier alpha value is -5.19. The number of aromatic amines is 1. The first-order valence-electron chi connectivity index (χ1n) is 12.8. The van der Waals surface area contributed by atoms with Gasteiger partial charge in [-0.3, -0.25) is 29.0 Å². The molecule has 0 aliphatic carbocycles. The van der Waals surface area contributed by atoms with Crippen LogP contribution in [0.25, 0.3) is 10.9 Å². The van der Waals surface area contributed by atoms with Gasteiger partial charge in [-0.2, -0.15) is 0 Å². The van der Waals surface area contributed by atoms with E-state index in [1.165, 1.54) is 0 Å². The second-order valence-corrected chi connectivity index (χ2v) is 9.41. The predicted molar refractivity (Wildman–Crippen MR) is 149 cm³/mol. The molecule has 17 nitrogen and oxygen atoms in total. The molecule has 2 aromatic rings. The standard InChI is InChI=1S/C25H35N9O8/c26-14(5-3-7-30-25(28)29)21(38)32-16(9-19(27)35)22(39)33-17(10-20(36)37)23(40)34-18(24(41)42)8-12-11-31-15-6-2-1-4-13(12)15/h1-2,4,6,11,14,16-18,31H,3,5,7-10,26H2,(H2,27,35)(H,32,38)(H,33,39)(H,34,40)(H,36,37)(H,41,42)(H4,28,29,30). The molecule has 1 aromatic carbocycles. The maximum absolute atomic E-state index is 13.0. The number of guanidine groups is 1. The normalized spacial score (nSPS) is 13.6. The average molecular weight is 590 g/mol. The van der Waals surface area contributed by atoms with Crippen molar-refractivity contribution in [2.75, 3.05) is 6.54 Å². The fourth-order valence-electron chi connectivity index (χ4n) is 3.99. The molecular formula is C25H35N9O8. The lowest BCUT2D eigenvalue weighted by Gasteiger charge is -2.24. The Bertz CT molecular complexity index is 1340. The molecule has 0 spiro atoms. The minimum Gasteiger partial charge on any atom is -0.481 e. The van der Waals surface area contributed by atoms with E-state index in [2.05, 4.69) is 25.9 Å². The number of primary amides is 1. The molecule has 0 radical (unpaired) electrons. The third kappa shape index (κ3) is 10.4. The number of aliphatic imine (C=N–C) groups is 1. The predicted octanol–water partition coefficient (Wildman–Crippen LogP) is -3.02. The van der Waals surface area contributed by atoms with Crippen molar-refractivity contribution >= 4 is 52.4 Å². The van der Waals surface area contributed by atoms with Gasteiger partial charge in [0.15, 0.2) is 5.96 Å². The van der Waals surface area contributed by atoms with E-state index in [0.717, 1.165) is 10.9 Å². The fraction of sp³-hybridized carbons (Fsp3) is 0.400. The van der Waals surface area contributed by atoms with Crippen LogP contribution >= 0.6 is 0 Å². The van der Waals surface area contributed by atoms with Crippen molar-refractivity contribution < 1.29 is 39.0 Å². The third-order valence-electron chi connectivity index (χ3n) is 6.07. The molecule has 0 saturated carbocycles. The number of H-pyrrole nitrogens is 1. The lowest BCUT2D eigenvalue weighted by Crippen LogP contribution is -2.58. The first-order valence-corrected chi connectivity index (χ1v) is 12.8. The van der Waals surface area contributed by atoms with Gasteiger partial charge < -0.3 is 54.1 Å². The van der Waals surface area contributed by atoms with E-state index in [0.29, 0.717) is 12.0 Å². The number of amides is 4. The number of hydrogen-bond acceptors (Lipinski definition) is 8. The highest BCUT2D eigenvalue weighted by atomic mass is 16.4. The van der Waals surface area contributed by atoms with Crippen molar-refractivity contribution in [3.63, 3.8) is 0 Å². The molecule has 0 bridgehead atoms. The van der Waals surface area contributed by atoms with Crippen LogP contribution < -0.4 is 38.9 Å². The van der Waals surface area contributed by atoms with Crippen molar-refractivity contribution in [1.29, 1.82) is 0 Å². The van der Waals surface area contributed by atoms with Crippen molar-refractivity contribution in [2.24, 2.45) is 27.9 Å². The molecule has 228 valence electrons. The lowest BCUT2D eigenvalue weighted by molar-refractivity contribution is -0.143. The summed E-state index contributed by atoms with van der Waals surface area (Å²) in [4.78, 5) is 80.3. The average Bonchev–Trinajstić information content (AvgIpc) is 3.31. The van der Waals surface area contributed by atoms with E-state index in [4.69, 9.17) is 22.9 Å². The van der Waals surface area contributed by atoms with Crippen LogP contribution in [0.15, 0.2) is 35.5 Å². The number of nitrogens with zero attached hydrogens (tertiary/aromatic N) is 1. The van der Waals surface area contributed by atoms with Crippen LogP contribution in [0.4, 0.5) is 0 Å². The molecule has 1 aromatic heterocycles. The second kappa shape index (κ2) is 15.6. The Morgan fingerprint density at radius 1 is 0.857 bits per heavy atom. The molecule has 0 aliphatic heterocycles. The SMILES string of the molecule is NC(=O)CC(NC(=O)C(N)CCCN=C(N)N)C(=O)NC(CC(=O)O)C(=O)NC(Cc1c[nH]c2ccccc12)C(=O)O. The Labute approximate surface area is 239 Å². The zero-order valence-corrected chi connectivity index (χ0v) is 22.5. The van der Waals surface area contributed by atoms with Crippen molar-refractivity contribution in [3.8, 4) is 0 Å². The maximum Gasteiger partial charge on any atom is 0.326 e. The maximum atomic E-state index is 13.0. The lowest BCUT2D eigenvalue weighted by atomic mass is 10.0. The summed E-state index contributed by atoms with van der Waals surface area (Å²) in [7, 11) is 0. The first-order chi connectivity index (χ1) is 19.8. The molecule has 0 aliphatic rings. The van der Waals surface area contributed by atoms with Crippen LogP contribution in [0.2, 0.25) is 0 Å². The minimum absolute atomic E-state index is 0.116. The van der Waals surface area contributed by atoms with Crippen LogP contribution in [0, 0.1) is 0 Å². The molecule has 4 unspecified atom stereocenters. The molecule has 1 heterocycles. The number of carbonyl (C=O) groups is 6. The topological polar surface area (TPSA) is 311 Å². The molecule has 2 rings (SSSR count). The number of fused-ring (bicyclic) bond motifs is 1. The van der Waals surface area contributed by atoms with E-state index in [1.54, 1.807) is 30.5 Å². The van der Waals surface area contributed by atoms with Crippen molar-refractivity contribution in [3.05, 3.63) is 36.0 Å². The molecule has 14 N–H and O–H groups in total. The van der Waals surface area contributed by atoms with Crippen LogP contribution in [-0.4, -0.2) is 87.4 Å². The third-order valence-corrected chi connectivity index (χ3v) is 6.07. The molecule has 0 saturated heterocycles. The van der Waals surface area contributed by atoms with E-state index in [9.17, 15) is 39.0 Å². The zero-order valence-electron chi connectivity index (χ0n) is 22.5. The number of nitrogens with two attached hydrogens (primary N) is 4. The summed E-state index contributed by atoms with van der Waals surface area (Å²) < 4.78 is 0. The number of hydrogen-bond donors (Lipinski definition) is 10. The number of para-hydroxylation sites is 1. The summed E-state index contributed by atoms with van der Waals surface area (Å²) >= 11 is 0. The quantitative estimate of drug-likeness (QED) is 0.0503. The van der Waals surface area contributed by atoms with Gasteiger partial charge in [0, 0.05) is 30.1 Å². The minimum atomic E-state index is -1.76. The number of aromatic nitrogens is 1. The van der Waals surface area contributed by atoms with Crippen molar-refractivity contribution in [2.45, 2.75) is 56.3 Å². The molecule has 4 atom stereocenters. The molecule has 42 heavy (non-hydrogen) atoms. The summed E-state index contributed by atoms with van der Waals surface area (Å²) in [5.74, 6) is -7.07. The fourth-order valence-corrected chi connectivity index (χ4v) is 3.99. The van der Waals surface area contributed by atoms with Gasteiger partial charge in [-0.05, 0) is 24.5 Å². The summed E-state index contributed by atoms with van der Waals surface area (Å²) in [6, 6.07) is 1.11. The zero-order chi connectivity index (χ0) is 31.4. The largest absolute Gasteiger partial charge is 0.481 e. The van der Waals surface area contributed by atoms with E-state index >= 15 is 0 Å². The smallest absolute Gasteiger partial charge is 0.326 e. The van der Waals surface area contributed by atoms with Crippen LogP contribution in [0.5, 0.6) is 0 Å². The van der Waals surface area contributed by atoms with E-state index < -0.39 is 72.6 Å². The van der Waals surface area contributed by atoms with Crippen LogP contribution in [0.1, 0.15) is 31.2 Å². The van der Waals surface area contributed by atoms with Gasteiger partial charge in [-0.15, -0.1) is 0 Å². The second-order valence-electron chi connectivity index (χ2n) is 9.41. The van der Waals surface area contributed by atoms with Crippen LogP contribution in [0.3, 0.4) is 0 Å². The van der Waals surface area contributed by atoms with Crippen molar-refractivity contribution in [1.82, 2.24) is 20.9 Å². The molecule has 17 heteroatoms. The molecular weight excluding hydrogens is 554 g/mol. The summed E-state index contributed by atoms with van der Waals surface area (Å²) in [6.07, 6.45) is 0.247. The molecule has 4 amide bonds. The number of carboxylic acids is 2. The van der Waals surface area contributed by atoms with Gasteiger partial charge in [-0.1, -0.05) is 18.2 Å². The van der Waals surface area contributed by atoms with Gasteiger partial charge in [0.05, 0.1) is 18.9 Å². The number of benzene rings is 1. The highest BCUT2D eigenvalue weighted by Gasteiger charge is 2.32. The van der Waals surface area contributed by atoms with Gasteiger partial charge in [0.25, 0.3) is 0 Å². The van der Waals surface area contributed by atoms with Gasteiger partial charge in [0.2, 0.25) is 23.6 Å². The summed E-state index contributed by atoms with van der Waals surface area (Å²) in [5.41, 5.74) is 22.8. The Morgan fingerprint density at radius 3 is 2.05 bits per heavy atom.